The summed E-state index contributed by atoms with van der Waals surface area (Å²) in [5.41, 5.74) is 0.177. The van der Waals surface area contributed by atoms with Crippen LogP contribution >= 0.6 is 0 Å². The Morgan fingerprint density at radius 2 is 2.30 bits per heavy atom. The molecule has 1 aliphatic rings. The number of ether oxygens (including phenoxy) is 1. The Morgan fingerprint density at radius 3 is 3.00 bits per heavy atom. The van der Waals surface area contributed by atoms with E-state index in [-0.39, 0.29) is 30.3 Å². The van der Waals surface area contributed by atoms with Crippen molar-refractivity contribution in [1.29, 1.82) is 0 Å². The molecule has 1 aromatic heterocycles. The van der Waals surface area contributed by atoms with Crippen molar-refractivity contribution in [2.75, 3.05) is 19.8 Å². The number of rotatable bonds is 5. The van der Waals surface area contributed by atoms with E-state index < -0.39 is 12.8 Å². The fourth-order valence-electron chi connectivity index (χ4n) is 2.54. The fourth-order valence-corrected chi connectivity index (χ4v) is 2.54. The smallest absolute Gasteiger partial charge is 0.410 e. The van der Waals surface area contributed by atoms with E-state index in [2.05, 4.69) is 10.5 Å². The van der Waals surface area contributed by atoms with Gasteiger partial charge in [0.05, 0.1) is 6.04 Å². The minimum Gasteiger partial charge on any atom is -0.447 e. The topological polar surface area (TPSA) is 84.7 Å². The van der Waals surface area contributed by atoms with Gasteiger partial charge < -0.3 is 14.6 Å². The zero-order chi connectivity index (χ0) is 16.8. The molecule has 8 heteroatoms. The Labute approximate surface area is 134 Å². The molecular weight excluding hydrogens is 305 g/mol. The monoisotopic (exact) mass is 327 g/mol. The lowest BCUT2D eigenvalue weighted by molar-refractivity contribution is 0.0616. The van der Waals surface area contributed by atoms with Crippen molar-refractivity contribution in [3.05, 3.63) is 17.5 Å². The molecule has 0 saturated carbocycles. The van der Waals surface area contributed by atoms with Gasteiger partial charge in [-0.15, -0.1) is 0 Å². The van der Waals surface area contributed by atoms with Crippen LogP contribution < -0.4 is 5.32 Å². The highest BCUT2D eigenvalue weighted by atomic mass is 19.1. The van der Waals surface area contributed by atoms with Crippen LogP contribution in [0.4, 0.5) is 9.18 Å². The summed E-state index contributed by atoms with van der Waals surface area (Å²) in [5.74, 6) is 0.119. The SMILES string of the molecule is CC(C)NC(=O)c1cc(C2CCCCN2C(=O)OCCF)on1. The lowest BCUT2D eigenvalue weighted by Crippen LogP contribution is -2.39. The molecular formula is C15H22FN3O4. The van der Waals surface area contributed by atoms with Crippen LogP contribution in [0, 0.1) is 0 Å². The summed E-state index contributed by atoms with van der Waals surface area (Å²) in [6, 6.07) is 1.19. The molecule has 23 heavy (non-hydrogen) atoms. The van der Waals surface area contributed by atoms with E-state index in [0.29, 0.717) is 18.7 Å². The third kappa shape index (κ3) is 4.43. The van der Waals surface area contributed by atoms with Gasteiger partial charge in [0.1, 0.15) is 13.3 Å². The molecule has 0 radical (unpaired) electrons. The first kappa shape index (κ1) is 17.2. The largest absolute Gasteiger partial charge is 0.447 e. The van der Waals surface area contributed by atoms with Crippen LogP contribution in [-0.2, 0) is 4.74 Å². The van der Waals surface area contributed by atoms with Crippen molar-refractivity contribution in [3.8, 4) is 0 Å². The number of piperidine rings is 1. The molecule has 2 rings (SSSR count). The quantitative estimate of drug-likeness (QED) is 0.898. The van der Waals surface area contributed by atoms with Crippen LogP contribution in [-0.4, -0.2) is 47.9 Å². The maximum Gasteiger partial charge on any atom is 0.410 e. The highest BCUT2D eigenvalue weighted by Gasteiger charge is 2.32. The van der Waals surface area contributed by atoms with Crippen molar-refractivity contribution >= 4 is 12.0 Å². The number of likely N-dealkylation sites (tertiary alicyclic amines) is 1. The number of hydrogen-bond acceptors (Lipinski definition) is 5. The fraction of sp³-hybridized carbons (Fsp3) is 0.667. The summed E-state index contributed by atoms with van der Waals surface area (Å²) in [6.45, 7) is 3.22. The second-order valence-corrected chi connectivity index (χ2v) is 5.75. The number of hydrogen-bond donors (Lipinski definition) is 1. The van der Waals surface area contributed by atoms with E-state index in [9.17, 15) is 14.0 Å². The zero-order valence-corrected chi connectivity index (χ0v) is 13.4. The van der Waals surface area contributed by atoms with Gasteiger partial charge in [-0.3, -0.25) is 9.69 Å². The maximum atomic E-state index is 12.2. The van der Waals surface area contributed by atoms with Crippen molar-refractivity contribution in [2.24, 2.45) is 0 Å². The van der Waals surface area contributed by atoms with Crippen molar-refractivity contribution in [2.45, 2.75) is 45.2 Å². The van der Waals surface area contributed by atoms with Gasteiger partial charge in [0.2, 0.25) is 0 Å². The number of aromatic nitrogens is 1. The first-order valence-electron chi connectivity index (χ1n) is 7.79. The number of alkyl halides is 1. The molecule has 128 valence electrons. The van der Waals surface area contributed by atoms with Crippen molar-refractivity contribution < 1.29 is 23.2 Å². The van der Waals surface area contributed by atoms with Crippen LogP contribution in [0.2, 0.25) is 0 Å². The van der Waals surface area contributed by atoms with E-state index in [0.717, 1.165) is 12.8 Å². The van der Waals surface area contributed by atoms with E-state index in [1.54, 1.807) is 6.07 Å². The Morgan fingerprint density at radius 1 is 1.52 bits per heavy atom. The molecule has 0 aromatic carbocycles. The molecule has 1 unspecified atom stereocenters. The Balaban J connectivity index is 2.10. The molecule has 0 aliphatic carbocycles. The van der Waals surface area contributed by atoms with Gasteiger partial charge in [0.25, 0.3) is 5.91 Å². The average Bonchev–Trinajstić information content (AvgIpc) is 3.02. The molecule has 0 spiro atoms. The Kier molecular flexibility index (Phi) is 5.95. The highest BCUT2D eigenvalue weighted by molar-refractivity contribution is 5.92. The van der Waals surface area contributed by atoms with Gasteiger partial charge in [-0.25, -0.2) is 9.18 Å². The Hall–Kier alpha value is -2.12. The van der Waals surface area contributed by atoms with Crippen LogP contribution in [0.5, 0.6) is 0 Å². The van der Waals surface area contributed by atoms with Crippen LogP contribution in [0.15, 0.2) is 10.6 Å². The molecule has 1 N–H and O–H groups in total. The zero-order valence-electron chi connectivity index (χ0n) is 13.4. The van der Waals surface area contributed by atoms with Gasteiger partial charge >= 0.3 is 6.09 Å². The number of amides is 2. The molecule has 2 amide bonds. The second kappa shape index (κ2) is 7.94. The van der Waals surface area contributed by atoms with Crippen molar-refractivity contribution in [3.63, 3.8) is 0 Å². The number of carbonyl (C=O) groups excluding carboxylic acids is 2. The molecule has 1 fully saturated rings. The van der Waals surface area contributed by atoms with Gasteiger partial charge in [-0.05, 0) is 33.1 Å². The molecule has 1 aromatic rings. The summed E-state index contributed by atoms with van der Waals surface area (Å²) in [6.07, 6.45) is 1.88. The van der Waals surface area contributed by atoms with Crippen LogP contribution in [0.1, 0.15) is 55.4 Å². The lowest BCUT2D eigenvalue weighted by atomic mass is 10.0. The number of carbonyl (C=O) groups is 2. The normalized spacial score (nSPS) is 18.1. The maximum absolute atomic E-state index is 12.2. The highest BCUT2D eigenvalue weighted by Crippen LogP contribution is 2.31. The van der Waals surface area contributed by atoms with Gasteiger partial charge in [-0.1, -0.05) is 5.16 Å². The standard InChI is InChI=1S/C15H22FN3O4/c1-10(2)17-14(20)11-9-13(23-18-11)12-5-3-4-7-19(12)15(21)22-8-6-16/h9-10,12H,3-8H2,1-2H3,(H,17,20). The predicted molar refractivity (Wildman–Crippen MR) is 79.7 cm³/mol. The number of nitrogens with zero attached hydrogens (tertiary/aromatic N) is 2. The third-order valence-corrected chi connectivity index (χ3v) is 3.55. The second-order valence-electron chi connectivity index (χ2n) is 5.75. The molecule has 7 nitrogen and oxygen atoms in total. The minimum atomic E-state index is -0.716. The summed E-state index contributed by atoms with van der Waals surface area (Å²) >= 11 is 0. The summed E-state index contributed by atoms with van der Waals surface area (Å²) in [7, 11) is 0. The van der Waals surface area contributed by atoms with Gasteiger partial charge in [-0.2, -0.15) is 0 Å². The Bertz CT molecular complexity index is 547. The summed E-state index contributed by atoms with van der Waals surface area (Å²) < 4.78 is 22.3. The first-order chi connectivity index (χ1) is 11.0. The average molecular weight is 327 g/mol. The predicted octanol–water partition coefficient (Wildman–Crippen LogP) is 2.45. The van der Waals surface area contributed by atoms with E-state index >= 15 is 0 Å². The molecule has 1 aliphatic heterocycles. The summed E-state index contributed by atoms with van der Waals surface area (Å²) in [4.78, 5) is 25.5. The number of nitrogens with one attached hydrogen (secondary N) is 1. The third-order valence-electron chi connectivity index (χ3n) is 3.55. The molecule has 2 heterocycles. The van der Waals surface area contributed by atoms with Crippen LogP contribution in [0.25, 0.3) is 0 Å². The number of halogens is 1. The van der Waals surface area contributed by atoms with E-state index in [1.807, 2.05) is 13.8 Å². The molecule has 1 saturated heterocycles. The first-order valence-corrected chi connectivity index (χ1v) is 7.79. The lowest BCUT2D eigenvalue weighted by Gasteiger charge is -2.33. The van der Waals surface area contributed by atoms with Gasteiger partial charge in [0, 0.05) is 18.7 Å². The van der Waals surface area contributed by atoms with E-state index in [4.69, 9.17) is 9.26 Å². The molecule has 0 bridgehead atoms. The molecule has 1 atom stereocenters. The van der Waals surface area contributed by atoms with E-state index in [1.165, 1.54) is 4.90 Å². The minimum absolute atomic E-state index is 0.00972. The van der Waals surface area contributed by atoms with Crippen molar-refractivity contribution in [1.82, 2.24) is 15.4 Å². The van der Waals surface area contributed by atoms with Gasteiger partial charge in [0.15, 0.2) is 11.5 Å². The summed E-state index contributed by atoms with van der Waals surface area (Å²) in [5, 5.41) is 6.50. The van der Waals surface area contributed by atoms with Crippen LogP contribution in [0.3, 0.4) is 0 Å².